The van der Waals surface area contributed by atoms with E-state index in [9.17, 15) is 56.2 Å². The molecule has 7 fully saturated rings. The SMILES string of the molecule is C[C@@H]1O[C@@H](O[C@H]2[C@H](O)[C@@H](O)[C@H](O[C@H]3CC[C@]4(C)C5=CC=C6C7CC(C)(C)CC[C@]7(CO)[C@@H](O)C[C@@]6(C)[C@]5(C)CCC4C3(C)C)O[C@@H]2CO[C@@H]2O[C@H](CO)[C@@H](O)[C@H](O)[C@H]2O)[C@H](O)[C@H](O)[C@H]1O. The van der Waals surface area contributed by atoms with Crippen molar-refractivity contribution in [1.82, 2.24) is 0 Å². The zero-order valence-corrected chi connectivity index (χ0v) is 39.3. The predicted octanol–water partition coefficient (Wildman–Crippen LogP) is 0.532. The molecule has 0 amide bonds. The lowest BCUT2D eigenvalue weighted by atomic mass is 9.35. The predicted molar refractivity (Wildman–Crippen MR) is 230 cm³/mol. The Bertz CT molecular complexity index is 1790. The third-order valence-corrected chi connectivity index (χ3v) is 18.8. The van der Waals surface area contributed by atoms with Gasteiger partial charge >= 0.3 is 0 Å². The number of ether oxygens (including phenoxy) is 6. The van der Waals surface area contributed by atoms with E-state index in [4.69, 9.17) is 28.4 Å². The van der Waals surface area contributed by atoms with Crippen molar-refractivity contribution in [1.29, 1.82) is 0 Å². The van der Waals surface area contributed by atoms with Crippen LogP contribution in [0.1, 0.15) is 107 Å². The molecule has 0 aromatic heterocycles. The third kappa shape index (κ3) is 7.87. The van der Waals surface area contributed by atoms with Gasteiger partial charge in [0.1, 0.15) is 67.1 Å². The average molecular weight is 927 g/mol. The molecule has 4 saturated carbocycles. The van der Waals surface area contributed by atoms with Gasteiger partial charge in [0.05, 0.1) is 38.1 Å². The van der Waals surface area contributed by atoms with Gasteiger partial charge in [-0.15, -0.1) is 0 Å². The summed E-state index contributed by atoms with van der Waals surface area (Å²) < 4.78 is 36.2. The van der Waals surface area contributed by atoms with Crippen molar-refractivity contribution < 1.29 is 84.6 Å². The first-order valence-electron chi connectivity index (χ1n) is 24.0. The number of aliphatic hydroxyl groups excluding tert-OH is 11. The minimum atomic E-state index is -1.76. The number of hydrogen-bond acceptors (Lipinski definition) is 17. The summed E-state index contributed by atoms with van der Waals surface area (Å²) in [6.45, 7) is 16.2. The molecule has 0 aromatic carbocycles. The average Bonchev–Trinajstić information content (AvgIpc) is 3.24. The van der Waals surface area contributed by atoms with Gasteiger partial charge < -0.3 is 84.6 Å². The lowest BCUT2D eigenvalue weighted by Crippen LogP contribution is -2.66. The maximum absolute atomic E-state index is 12.1. The molecule has 17 heteroatoms. The normalized spacial score (nSPS) is 54.0. The summed E-state index contributed by atoms with van der Waals surface area (Å²) in [5.41, 5.74) is 0.933. The molecule has 372 valence electrons. The van der Waals surface area contributed by atoms with E-state index in [1.807, 2.05) is 0 Å². The molecule has 0 spiro atoms. The first-order valence-corrected chi connectivity index (χ1v) is 24.0. The Hall–Kier alpha value is -1.20. The van der Waals surface area contributed by atoms with E-state index in [1.165, 1.54) is 18.1 Å². The zero-order valence-electron chi connectivity index (χ0n) is 39.3. The van der Waals surface area contributed by atoms with E-state index in [2.05, 4.69) is 60.6 Å². The molecule has 11 N–H and O–H groups in total. The van der Waals surface area contributed by atoms with Crippen molar-refractivity contribution >= 4 is 0 Å². The molecule has 5 aliphatic carbocycles. The summed E-state index contributed by atoms with van der Waals surface area (Å²) in [4.78, 5) is 0. The van der Waals surface area contributed by atoms with Gasteiger partial charge in [0.2, 0.25) is 0 Å². The van der Waals surface area contributed by atoms with Crippen molar-refractivity contribution in [2.45, 2.75) is 211 Å². The molecule has 65 heavy (non-hydrogen) atoms. The minimum absolute atomic E-state index is 0.0341. The van der Waals surface area contributed by atoms with Crippen LogP contribution in [0.3, 0.4) is 0 Å². The van der Waals surface area contributed by atoms with Crippen LogP contribution in [0.5, 0.6) is 0 Å². The van der Waals surface area contributed by atoms with Crippen molar-refractivity contribution in [2.75, 3.05) is 19.8 Å². The number of rotatable bonds is 9. The van der Waals surface area contributed by atoms with Gasteiger partial charge in [-0.2, -0.15) is 0 Å². The molecule has 8 rings (SSSR count). The molecule has 0 aromatic rings. The maximum Gasteiger partial charge on any atom is 0.187 e. The number of hydrogen-bond donors (Lipinski definition) is 11. The standard InChI is InChI=1S/C48H78O17/c1-22-31(52)33(54)37(58)41(61-22)65-39-26(20-60-40-36(57)34(55)32(53)25(19-49)62-40)63-42(38(59)35(39)56)64-30-12-13-45(6)27(44(30,4)5)11-14-46(7)28(45)10-9-23-24-17-43(2,3)15-16-48(24,21-50)29(51)18-47(23,46)8/h9-10,22,24-27,29-42,49-59H,11-21H2,1-8H3/t22-,24?,25+,26+,27?,29-,30-,31-,32+,33+,34-,35+,36+,37+,38+,39+,40+,41-,42-,45-,46+,47+,48+/m0/s1. The second kappa shape index (κ2) is 17.6. The van der Waals surface area contributed by atoms with Crippen molar-refractivity contribution in [2.24, 2.45) is 44.3 Å². The van der Waals surface area contributed by atoms with Crippen LogP contribution < -0.4 is 0 Å². The fraction of sp³-hybridized carbons (Fsp3) is 0.917. The highest BCUT2D eigenvalue weighted by molar-refractivity contribution is 5.46. The number of allylic oxidation sites excluding steroid dienone is 4. The molecule has 0 bridgehead atoms. The van der Waals surface area contributed by atoms with E-state index in [0.29, 0.717) is 12.8 Å². The van der Waals surface area contributed by atoms with Gasteiger partial charge in [-0.25, -0.2) is 0 Å². The smallest absolute Gasteiger partial charge is 0.187 e. The van der Waals surface area contributed by atoms with E-state index < -0.39 is 128 Å². The van der Waals surface area contributed by atoms with Crippen molar-refractivity contribution in [3.05, 3.63) is 23.3 Å². The maximum atomic E-state index is 12.1. The molecule has 8 aliphatic rings. The minimum Gasteiger partial charge on any atom is -0.396 e. The number of aliphatic hydroxyl groups is 11. The van der Waals surface area contributed by atoms with Crippen LogP contribution in [-0.2, 0) is 28.4 Å². The molecule has 0 radical (unpaired) electrons. The van der Waals surface area contributed by atoms with Crippen LogP contribution in [0.2, 0.25) is 0 Å². The Balaban J connectivity index is 1.04. The van der Waals surface area contributed by atoms with E-state index in [-0.39, 0.29) is 40.1 Å². The highest BCUT2D eigenvalue weighted by Gasteiger charge is 2.68. The van der Waals surface area contributed by atoms with E-state index in [1.54, 1.807) is 0 Å². The Morgan fingerprint density at radius 2 is 1.25 bits per heavy atom. The van der Waals surface area contributed by atoms with Gasteiger partial charge in [-0.3, -0.25) is 0 Å². The molecule has 23 atom stereocenters. The Kier molecular flexibility index (Phi) is 13.6. The first kappa shape index (κ1) is 50.2. The molecule has 3 heterocycles. The van der Waals surface area contributed by atoms with Gasteiger partial charge in [0.15, 0.2) is 18.9 Å². The topological polar surface area (TPSA) is 278 Å². The molecular weight excluding hydrogens is 849 g/mol. The fourth-order valence-electron chi connectivity index (χ4n) is 14.4. The molecule has 2 unspecified atom stereocenters. The van der Waals surface area contributed by atoms with Gasteiger partial charge in [-0.1, -0.05) is 71.8 Å². The van der Waals surface area contributed by atoms with Crippen LogP contribution in [0.25, 0.3) is 0 Å². The lowest BCUT2D eigenvalue weighted by Gasteiger charge is -2.69. The highest BCUT2D eigenvalue weighted by atomic mass is 16.8. The Labute approximate surface area is 382 Å². The fourth-order valence-corrected chi connectivity index (χ4v) is 14.4. The van der Waals surface area contributed by atoms with Crippen LogP contribution in [0.4, 0.5) is 0 Å². The summed E-state index contributed by atoms with van der Waals surface area (Å²) in [6.07, 6.45) is -13.3. The van der Waals surface area contributed by atoms with Crippen LogP contribution in [0, 0.1) is 44.3 Å². The second-order valence-electron chi connectivity index (χ2n) is 23.2. The lowest BCUT2D eigenvalue weighted by molar-refractivity contribution is -0.373. The quantitative estimate of drug-likeness (QED) is 0.141. The van der Waals surface area contributed by atoms with Crippen LogP contribution in [-0.4, -0.2) is 180 Å². The largest absolute Gasteiger partial charge is 0.396 e. The molecule has 3 aliphatic heterocycles. The number of fused-ring (bicyclic) bond motifs is 7. The van der Waals surface area contributed by atoms with Crippen LogP contribution >= 0.6 is 0 Å². The summed E-state index contributed by atoms with van der Waals surface area (Å²) in [6, 6.07) is 0. The van der Waals surface area contributed by atoms with Crippen molar-refractivity contribution in [3.63, 3.8) is 0 Å². The molecule has 3 saturated heterocycles. The van der Waals surface area contributed by atoms with Crippen LogP contribution in [0.15, 0.2) is 23.3 Å². The van der Waals surface area contributed by atoms with Gasteiger partial charge in [0, 0.05) is 10.8 Å². The summed E-state index contributed by atoms with van der Waals surface area (Å²) >= 11 is 0. The van der Waals surface area contributed by atoms with Gasteiger partial charge in [-0.05, 0) is 91.8 Å². The van der Waals surface area contributed by atoms with Crippen molar-refractivity contribution in [3.8, 4) is 0 Å². The first-order chi connectivity index (χ1) is 30.3. The zero-order chi connectivity index (χ0) is 47.6. The second-order valence-corrected chi connectivity index (χ2v) is 23.2. The van der Waals surface area contributed by atoms with E-state index in [0.717, 1.165) is 38.5 Å². The van der Waals surface area contributed by atoms with Gasteiger partial charge in [0.25, 0.3) is 0 Å². The Morgan fingerprint density at radius 3 is 1.92 bits per heavy atom. The summed E-state index contributed by atoms with van der Waals surface area (Å²) in [7, 11) is 0. The molecule has 17 nitrogen and oxygen atoms in total. The Morgan fingerprint density at radius 1 is 0.615 bits per heavy atom. The summed E-state index contributed by atoms with van der Waals surface area (Å²) in [5, 5.41) is 119. The molecular formula is C48H78O17. The van der Waals surface area contributed by atoms with E-state index >= 15 is 0 Å². The summed E-state index contributed by atoms with van der Waals surface area (Å²) in [5.74, 6) is 0.189. The highest BCUT2D eigenvalue weighted by Crippen LogP contribution is 2.74. The monoisotopic (exact) mass is 927 g/mol. The third-order valence-electron chi connectivity index (χ3n) is 18.8.